The molecule has 7 N–H and O–H groups in total. The molecule has 1 aliphatic rings. The number of carbonyl (C=O) groups excluding carboxylic acids is 1. The molecule has 1 heterocycles. The zero-order valence-corrected chi connectivity index (χ0v) is 15.2. The normalized spacial score (nSPS) is 18.0. The van der Waals surface area contributed by atoms with Gasteiger partial charge in [-0.1, -0.05) is 37.5 Å². The maximum atomic E-state index is 12.9. The molecule has 2 atom stereocenters. The SMILES string of the molecule is NCC(O)C[C@H](N)CNC(=O)c1[nH]c2ccccc2c1C1CCCCC1. The van der Waals surface area contributed by atoms with Crippen molar-refractivity contribution in [2.24, 2.45) is 11.5 Å². The van der Waals surface area contributed by atoms with Gasteiger partial charge in [-0.2, -0.15) is 0 Å². The summed E-state index contributed by atoms with van der Waals surface area (Å²) in [5.41, 5.74) is 14.2. The third kappa shape index (κ3) is 4.26. The highest BCUT2D eigenvalue weighted by molar-refractivity contribution is 6.01. The molecule has 1 unspecified atom stereocenters. The molecular weight excluding hydrogens is 328 g/mol. The Labute approximate surface area is 154 Å². The van der Waals surface area contributed by atoms with Crippen molar-refractivity contribution in [3.63, 3.8) is 0 Å². The molecule has 0 spiro atoms. The Kier molecular flexibility index (Phi) is 6.29. The van der Waals surface area contributed by atoms with E-state index in [-0.39, 0.29) is 18.5 Å². The number of benzene rings is 1. The molecule has 6 nitrogen and oxygen atoms in total. The second-order valence-corrected chi connectivity index (χ2v) is 7.39. The summed E-state index contributed by atoms with van der Waals surface area (Å²) in [6, 6.07) is 7.79. The minimum Gasteiger partial charge on any atom is -0.392 e. The van der Waals surface area contributed by atoms with Crippen molar-refractivity contribution in [2.75, 3.05) is 13.1 Å². The monoisotopic (exact) mass is 358 g/mol. The van der Waals surface area contributed by atoms with Gasteiger partial charge in [-0.05, 0) is 36.8 Å². The molecule has 142 valence electrons. The van der Waals surface area contributed by atoms with E-state index in [1.807, 2.05) is 18.2 Å². The topological polar surface area (TPSA) is 117 Å². The van der Waals surface area contributed by atoms with Gasteiger partial charge in [-0.3, -0.25) is 4.79 Å². The number of hydrogen-bond donors (Lipinski definition) is 5. The van der Waals surface area contributed by atoms with Gasteiger partial charge in [0.2, 0.25) is 0 Å². The maximum Gasteiger partial charge on any atom is 0.268 e. The highest BCUT2D eigenvalue weighted by Crippen LogP contribution is 2.38. The number of para-hydroxylation sites is 1. The van der Waals surface area contributed by atoms with Gasteiger partial charge < -0.3 is 26.9 Å². The van der Waals surface area contributed by atoms with Crippen LogP contribution in [-0.4, -0.2) is 41.2 Å². The van der Waals surface area contributed by atoms with E-state index in [4.69, 9.17) is 11.5 Å². The molecule has 1 amide bonds. The number of aliphatic hydroxyl groups is 1. The lowest BCUT2D eigenvalue weighted by molar-refractivity contribution is 0.0939. The predicted molar refractivity (Wildman–Crippen MR) is 104 cm³/mol. The number of rotatable bonds is 7. The van der Waals surface area contributed by atoms with Crippen molar-refractivity contribution in [1.82, 2.24) is 10.3 Å². The summed E-state index contributed by atoms with van der Waals surface area (Å²) in [4.78, 5) is 16.2. The van der Waals surface area contributed by atoms with Crippen molar-refractivity contribution in [3.05, 3.63) is 35.5 Å². The van der Waals surface area contributed by atoms with Gasteiger partial charge in [0.25, 0.3) is 5.91 Å². The molecule has 1 fully saturated rings. The number of H-pyrrole nitrogens is 1. The van der Waals surface area contributed by atoms with Crippen molar-refractivity contribution in [1.29, 1.82) is 0 Å². The number of aromatic nitrogens is 1. The van der Waals surface area contributed by atoms with Crippen LogP contribution in [0.2, 0.25) is 0 Å². The van der Waals surface area contributed by atoms with Crippen molar-refractivity contribution in [2.45, 2.75) is 56.6 Å². The molecular formula is C20H30N4O2. The van der Waals surface area contributed by atoms with Gasteiger partial charge in [-0.25, -0.2) is 0 Å². The average molecular weight is 358 g/mol. The summed E-state index contributed by atoms with van der Waals surface area (Å²) >= 11 is 0. The minimum atomic E-state index is -0.632. The molecule has 6 heteroatoms. The van der Waals surface area contributed by atoms with Crippen LogP contribution >= 0.6 is 0 Å². The molecule has 1 aromatic carbocycles. The van der Waals surface area contributed by atoms with Gasteiger partial charge in [0.15, 0.2) is 0 Å². The van der Waals surface area contributed by atoms with E-state index in [2.05, 4.69) is 16.4 Å². The van der Waals surface area contributed by atoms with Crippen LogP contribution in [0.3, 0.4) is 0 Å². The fourth-order valence-corrected chi connectivity index (χ4v) is 4.00. The quantitative estimate of drug-likeness (QED) is 0.520. The van der Waals surface area contributed by atoms with Crippen LogP contribution in [0.15, 0.2) is 24.3 Å². The summed E-state index contributed by atoms with van der Waals surface area (Å²) < 4.78 is 0. The molecule has 26 heavy (non-hydrogen) atoms. The second-order valence-electron chi connectivity index (χ2n) is 7.39. The van der Waals surface area contributed by atoms with E-state index in [1.165, 1.54) is 19.3 Å². The Morgan fingerprint density at radius 1 is 1.27 bits per heavy atom. The van der Waals surface area contributed by atoms with E-state index in [0.29, 0.717) is 24.6 Å². The Morgan fingerprint density at radius 3 is 2.73 bits per heavy atom. The smallest absolute Gasteiger partial charge is 0.268 e. The van der Waals surface area contributed by atoms with Gasteiger partial charge in [0.05, 0.1) is 6.10 Å². The first-order valence-corrected chi connectivity index (χ1v) is 9.62. The van der Waals surface area contributed by atoms with E-state index in [1.54, 1.807) is 0 Å². The van der Waals surface area contributed by atoms with Crippen LogP contribution < -0.4 is 16.8 Å². The first-order chi connectivity index (χ1) is 12.6. The highest BCUT2D eigenvalue weighted by atomic mass is 16.3. The lowest BCUT2D eigenvalue weighted by Gasteiger charge is -2.23. The van der Waals surface area contributed by atoms with Crippen LogP contribution in [0.1, 0.15) is 60.5 Å². The number of hydrogen-bond acceptors (Lipinski definition) is 4. The molecule has 1 saturated carbocycles. The number of aromatic amines is 1. The molecule has 0 bridgehead atoms. The van der Waals surface area contributed by atoms with Gasteiger partial charge in [-0.15, -0.1) is 0 Å². The largest absolute Gasteiger partial charge is 0.392 e. The predicted octanol–water partition coefficient (Wildman–Crippen LogP) is 1.98. The molecule has 1 aromatic heterocycles. The van der Waals surface area contributed by atoms with E-state index >= 15 is 0 Å². The van der Waals surface area contributed by atoms with Crippen LogP contribution in [0.4, 0.5) is 0 Å². The third-order valence-corrected chi connectivity index (χ3v) is 5.36. The van der Waals surface area contributed by atoms with Gasteiger partial charge in [0, 0.05) is 30.0 Å². The van der Waals surface area contributed by atoms with Crippen LogP contribution in [0.25, 0.3) is 10.9 Å². The van der Waals surface area contributed by atoms with E-state index < -0.39 is 6.10 Å². The van der Waals surface area contributed by atoms with Crippen LogP contribution in [-0.2, 0) is 0 Å². The maximum absolute atomic E-state index is 12.9. The minimum absolute atomic E-state index is 0.125. The Morgan fingerprint density at radius 2 is 2.00 bits per heavy atom. The van der Waals surface area contributed by atoms with Crippen molar-refractivity contribution >= 4 is 16.8 Å². The average Bonchev–Trinajstić information content (AvgIpc) is 3.06. The van der Waals surface area contributed by atoms with Crippen molar-refractivity contribution < 1.29 is 9.90 Å². The zero-order chi connectivity index (χ0) is 18.5. The second kappa shape index (κ2) is 8.66. The number of nitrogens with one attached hydrogen (secondary N) is 2. The first kappa shape index (κ1) is 18.9. The van der Waals surface area contributed by atoms with Gasteiger partial charge >= 0.3 is 0 Å². The number of fused-ring (bicyclic) bond motifs is 1. The molecule has 1 aliphatic carbocycles. The number of nitrogens with two attached hydrogens (primary N) is 2. The Balaban J connectivity index is 1.78. The fraction of sp³-hybridized carbons (Fsp3) is 0.550. The third-order valence-electron chi connectivity index (χ3n) is 5.36. The van der Waals surface area contributed by atoms with E-state index in [9.17, 15) is 9.90 Å². The summed E-state index contributed by atoms with van der Waals surface area (Å²) in [5, 5.41) is 13.7. The van der Waals surface area contributed by atoms with Crippen molar-refractivity contribution in [3.8, 4) is 0 Å². The van der Waals surface area contributed by atoms with Crippen LogP contribution in [0, 0.1) is 0 Å². The lowest BCUT2D eigenvalue weighted by atomic mass is 9.82. The van der Waals surface area contributed by atoms with Crippen LogP contribution in [0.5, 0.6) is 0 Å². The summed E-state index contributed by atoms with van der Waals surface area (Å²) in [6.45, 7) is 0.491. The molecule has 3 rings (SSSR count). The number of aliphatic hydroxyl groups excluding tert-OH is 1. The first-order valence-electron chi connectivity index (χ1n) is 9.62. The highest BCUT2D eigenvalue weighted by Gasteiger charge is 2.26. The lowest BCUT2D eigenvalue weighted by Crippen LogP contribution is -2.41. The standard InChI is InChI=1S/C20H30N4O2/c21-11-15(25)10-14(22)12-23-20(26)19-18(13-6-2-1-3-7-13)16-8-4-5-9-17(16)24-19/h4-5,8-9,13-15,24-25H,1-3,6-7,10-12,21-22H2,(H,23,26)/t14-,15?/m0/s1. The summed E-state index contributed by atoms with van der Waals surface area (Å²) in [6.07, 6.45) is 5.71. The molecule has 0 saturated heterocycles. The zero-order valence-electron chi connectivity index (χ0n) is 15.2. The van der Waals surface area contributed by atoms with E-state index in [0.717, 1.165) is 29.3 Å². The fourth-order valence-electron chi connectivity index (χ4n) is 4.00. The number of amides is 1. The summed E-state index contributed by atoms with van der Waals surface area (Å²) in [5.74, 6) is 0.299. The molecule has 2 aromatic rings. The molecule has 0 radical (unpaired) electrons. The Bertz CT molecular complexity index is 736. The van der Waals surface area contributed by atoms with Gasteiger partial charge in [0.1, 0.15) is 5.69 Å². The summed E-state index contributed by atoms with van der Waals surface area (Å²) in [7, 11) is 0. The Hall–Kier alpha value is -1.89. The number of carbonyl (C=O) groups is 1. The molecule has 0 aliphatic heterocycles.